The Hall–Kier alpha value is -8.96. The topological polar surface area (TPSA) is 54.1 Å². The van der Waals surface area contributed by atoms with Crippen LogP contribution in [0.1, 0.15) is 101 Å². The third-order valence-electron chi connectivity index (χ3n) is 20.6. The van der Waals surface area contributed by atoms with E-state index >= 15 is 0 Å². The molecular weight excluding hydrogens is 969 g/mol. The first-order valence-electron chi connectivity index (χ1n) is 28.9. The predicted molar refractivity (Wildman–Crippen MR) is 333 cm³/mol. The van der Waals surface area contributed by atoms with Crippen molar-refractivity contribution in [2.24, 2.45) is 0 Å². The van der Waals surface area contributed by atoms with Gasteiger partial charge in [0.05, 0.1) is 34.3 Å². The summed E-state index contributed by atoms with van der Waals surface area (Å²) in [5, 5.41) is 29.3. The van der Waals surface area contributed by atoms with Crippen LogP contribution in [0.25, 0.3) is 87.6 Å². The molecule has 4 atom stereocenters. The maximum absolute atomic E-state index is 9.73. The molecule has 15 rings (SSSR count). The molecule has 11 aromatic carbocycles. The van der Waals surface area contributed by atoms with Crippen LogP contribution in [0, 0.1) is 22.7 Å². The van der Waals surface area contributed by atoms with E-state index in [1.807, 2.05) is 24.3 Å². The fourth-order valence-electron chi connectivity index (χ4n) is 16.1. The molecule has 0 N–H and O–H groups in total. The SMILES string of the molecule is CC12CCCCC1(C)N(c1ccc(C#N)cc1)c1ccc(-c3ccc4c(-c5cccc6ccccc56)c5cc(-c6ccc7c(c6)C6(C)CCCCC6(C)N7c6ccc(C#N)cc6)ccc5c(-c5cccc6ccccc56)c4c3)cc12. The predicted octanol–water partition coefficient (Wildman–Crippen LogP) is 20.2. The molecule has 2 saturated carbocycles. The van der Waals surface area contributed by atoms with E-state index in [0.29, 0.717) is 11.1 Å². The van der Waals surface area contributed by atoms with E-state index in [1.165, 1.54) is 136 Å². The minimum atomic E-state index is -0.114. The van der Waals surface area contributed by atoms with Gasteiger partial charge in [0.2, 0.25) is 0 Å². The zero-order valence-corrected chi connectivity index (χ0v) is 46.1. The lowest BCUT2D eigenvalue weighted by atomic mass is 9.61. The number of fused-ring (bicyclic) bond motifs is 10. The van der Waals surface area contributed by atoms with Crippen molar-refractivity contribution in [3.8, 4) is 56.6 Å². The van der Waals surface area contributed by atoms with Crippen LogP contribution in [-0.2, 0) is 10.8 Å². The summed E-state index contributed by atoms with van der Waals surface area (Å²) in [5.74, 6) is 0. The number of benzene rings is 11. The van der Waals surface area contributed by atoms with E-state index in [0.717, 1.165) is 37.1 Å². The Bertz CT molecular complexity index is 4180. The molecule has 2 aliphatic heterocycles. The summed E-state index contributed by atoms with van der Waals surface area (Å²) in [6.45, 7) is 9.98. The summed E-state index contributed by atoms with van der Waals surface area (Å²) in [7, 11) is 0. The third-order valence-corrected chi connectivity index (χ3v) is 20.6. The van der Waals surface area contributed by atoms with Gasteiger partial charge < -0.3 is 9.80 Å². The van der Waals surface area contributed by atoms with Crippen LogP contribution in [0.15, 0.2) is 206 Å². The average molecular weight is 1030 g/mol. The molecule has 0 amide bonds. The van der Waals surface area contributed by atoms with Gasteiger partial charge in [-0.2, -0.15) is 10.5 Å². The molecule has 4 aliphatic rings. The van der Waals surface area contributed by atoms with Crippen LogP contribution in [-0.4, -0.2) is 11.1 Å². The summed E-state index contributed by atoms with van der Waals surface area (Å²) in [6, 6.07) is 81.7. The fourth-order valence-corrected chi connectivity index (χ4v) is 16.1. The molecule has 0 radical (unpaired) electrons. The highest BCUT2D eigenvalue weighted by molar-refractivity contribution is 6.26. The molecule has 4 heteroatoms. The molecule has 0 spiro atoms. The lowest BCUT2D eigenvalue weighted by molar-refractivity contribution is 0.195. The third kappa shape index (κ3) is 6.78. The molecule has 0 aromatic heterocycles. The largest absolute Gasteiger partial charge is 0.334 e. The van der Waals surface area contributed by atoms with E-state index in [4.69, 9.17) is 0 Å². The van der Waals surface area contributed by atoms with E-state index in [9.17, 15) is 10.5 Å². The van der Waals surface area contributed by atoms with Crippen molar-refractivity contribution in [3.63, 3.8) is 0 Å². The van der Waals surface area contributed by atoms with Crippen molar-refractivity contribution in [1.29, 1.82) is 10.5 Å². The Morgan fingerprint density at radius 2 is 0.725 bits per heavy atom. The maximum atomic E-state index is 9.73. The van der Waals surface area contributed by atoms with Crippen LogP contribution < -0.4 is 9.80 Å². The van der Waals surface area contributed by atoms with Gasteiger partial charge in [0.1, 0.15) is 0 Å². The molecular formula is C76H62N4. The van der Waals surface area contributed by atoms with Gasteiger partial charge in [-0.15, -0.1) is 0 Å². The zero-order valence-electron chi connectivity index (χ0n) is 46.1. The van der Waals surface area contributed by atoms with Gasteiger partial charge in [0.15, 0.2) is 0 Å². The highest BCUT2D eigenvalue weighted by Gasteiger charge is 2.59. The normalized spacial score (nSPS) is 22.0. The lowest BCUT2D eigenvalue weighted by Crippen LogP contribution is -2.54. The van der Waals surface area contributed by atoms with Crippen LogP contribution in [0.2, 0.25) is 0 Å². The molecule has 4 nitrogen and oxygen atoms in total. The standard InChI is InChI=1S/C76H62N4/c1-73-39-9-11-41-75(73,3)79(57-31-23-49(47-77)24-32-57)69-37-29-55(45-67(69)73)53-27-35-63-65(43-53)71(61-21-13-17-51-15-5-7-19-59(51)61)64-36-28-54(44-66(64)72(63)62-22-14-18-52-16-6-8-20-60(52)62)56-30-38-70-68(46-56)74(2)40-10-12-42-76(74,4)80(70)58-33-25-50(48-78)26-34-58/h5-8,13-38,43-46H,9-12,39-42H2,1-4H3. The fraction of sp³-hybridized carbons (Fsp3) is 0.211. The molecule has 0 bridgehead atoms. The molecule has 2 heterocycles. The van der Waals surface area contributed by atoms with Crippen molar-refractivity contribution in [2.75, 3.05) is 9.80 Å². The maximum Gasteiger partial charge on any atom is 0.0991 e. The lowest BCUT2D eigenvalue weighted by Gasteiger charge is -2.50. The van der Waals surface area contributed by atoms with Gasteiger partial charge in [0, 0.05) is 33.6 Å². The molecule has 11 aromatic rings. The van der Waals surface area contributed by atoms with Crippen LogP contribution in [0.3, 0.4) is 0 Å². The summed E-state index contributed by atoms with van der Waals surface area (Å²) >= 11 is 0. The zero-order chi connectivity index (χ0) is 54.1. The van der Waals surface area contributed by atoms with Gasteiger partial charge in [-0.1, -0.05) is 161 Å². The van der Waals surface area contributed by atoms with Crippen LogP contribution in [0.5, 0.6) is 0 Å². The first-order chi connectivity index (χ1) is 39.0. The number of hydrogen-bond acceptors (Lipinski definition) is 4. The Labute approximate surface area is 469 Å². The summed E-state index contributed by atoms with van der Waals surface area (Å²) < 4.78 is 0. The van der Waals surface area contributed by atoms with E-state index in [1.54, 1.807) is 0 Å². The van der Waals surface area contributed by atoms with Crippen molar-refractivity contribution in [3.05, 3.63) is 229 Å². The minimum Gasteiger partial charge on any atom is -0.334 e. The molecule has 2 aliphatic carbocycles. The second-order valence-electron chi connectivity index (χ2n) is 24.4. The van der Waals surface area contributed by atoms with Gasteiger partial charge in [-0.05, 0) is 223 Å². The number of hydrogen-bond donors (Lipinski definition) is 0. The van der Waals surface area contributed by atoms with Gasteiger partial charge in [-0.3, -0.25) is 0 Å². The molecule has 4 unspecified atom stereocenters. The minimum absolute atomic E-state index is 0.0676. The van der Waals surface area contributed by atoms with E-state index in [2.05, 4.69) is 232 Å². The van der Waals surface area contributed by atoms with Crippen molar-refractivity contribution < 1.29 is 0 Å². The monoisotopic (exact) mass is 1030 g/mol. The van der Waals surface area contributed by atoms with Crippen LogP contribution >= 0.6 is 0 Å². The molecule has 80 heavy (non-hydrogen) atoms. The Balaban J connectivity index is 0.972. The summed E-state index contributed by atoms with van der Waals surface area (Å²) in [5.41, 5.74) is 18.5. The van der Waals surface area contributed by atoms with Crippen molar-refractivity contribution >= 4 is 65.8 Å². The number of nitriles is 2. The summed E-state index contributed by atoms with van der Waals surface area (Å²) in [6.07, 6.45) is 9.26. The molecule has 386 valence electrons. The van der Waals surface area contributed by atoms with Crippen molar-refractivity contribution in [2.45, 2.75) is 101 Å². The second kappa shape index (κ2) is 17.8. The van der Waals surface area contributed by atoms with E-state index < -0.39 is 0 Å². The second-order valence-corrected chi connectivity index (χ2v) is 24.4. The first kappa shape index (κ1) is 48.2. The van der Waals surface area contributed by atoms with Crippen LogP contribution in [0.4, 0.5) is 22.7 Å². The Morgan fingerprint density at radius 3 is 1.15 bits per heavy atom. The average Bonchev–Trinajstić information content (AvgIpc) is 3.99. The highest BCUT2D eigenvalue weighted by atomic mass is 15.3. The number of rotatable bonds is 6. The van der Waals surface area contributed by atoms with Gasteiger partial charge in [0.25, 0.3) is 0 Å². The smallest absolute Gasteiger partial charge is 0.0991 e. The van der Waals surface area contributed by atoms with Gasteiger partial charge in [-0.25, -0.2) is 0 Å². The number of anilines is 4. The Kier molecular flexibility index (Phi) is 10.7. The quantitative estimate of drug-likeness (QED) is 0.156. The Morgan fingerprint density at radius 1 is 0.350 bits per heavy atom. The number of nitrogens with zero attached hydrogens (tertiary/aromatic N) is 4. The molecule has 2 fully saturated rings. The first-order valence-corrected chi connectivity index (χ1v) is 28.9. The van der Waals surface area contributed by atoms with Gasteiger partial charge >= 0.3 is 0 Å². The molecule has 0 saturated heterocycles. The highest BCUT2D eigenvalue weighted by Crippen LogP contribution is 2.63. The summed E-state index contributed by atoms with van der Waals surface area (Å²) in [4.78, 5) is 5.20. The van der Waals surface area contributed by atoms with E-state index in [-0.39, 0.29) is 21.9 Å². The van der Waals surface area contributed by atoms with Crippen molar-refractivity contribution in [1.82, 2.24) is 0 Å².